The second-order valence-electron chi connectivity index (χ2n) is 3.87. The van der Waals surface area contributed by atoms with E-state index in [1.807, 2.05) is 0 Å². The zero-order chi connectivity index (χ0) is 13.1. The fourth-order valence-electron chi connectivity index (χ4n) is 1.77. The molecule has 1 saturated heterocycles. The molecule has 1 aromatic heterocycles. The summed E-state index contributed by atoms with van der Waals surface area (Å²) >= 11 is 4.95. The van der Waals surface area contributed by atoms with Crippen molar-refractivity contribution in [3.05, 3.63) is 36.8 Å². The molecule has 18 heavy (non-hydrogen) atoms. The Balaban J connectivity index is 2.18. The molecule has 0 radical (unpaired) electrons. The molecule has 2 rings (SSSR count). The van der Waals surface area contributed by atoms with Gasteiger partial charge < -0.3 is 9.73 Å². The summed E-state index contributed by atoms with van der Waals surface area (Å²) in [7, 11) is 0. The highest BCUT2D eigenvalue weighted by Gasteiger charge is 2.38. The van der Waals surface area contributed by atoms with Gasteiger partial charge in [0.05, 0.1) is 6.26 Å². The maximum atomic E-state index is 12.2. The number of furan rings is 1. The normalized spacial score (nSPS) is 19.9. The van der Waals surface area contributed by atoms with E-state index in [9.17, 15) is 9.59 Å². The molecule has 1 aromatic rings. The van der Waals surface area contributed by atoms with Crippen molar-refractivity contribution in [2.45, 2.75) is 6.42 Å². The summed E-state index contributed by atoms with van der Waals surface area (Å²) in [6, 6.07) is 3.44. The van der Waals surface area contributed by atoms with Gasteiger partial charge in [-0.2, -0.15) is 0 Å². The van der Waals surface area contributed by atoms with Crippen molar-refractivity contribution in [2.75, 3.05) is 6.54 Å². The van der Waals surface area contributed by atoms with Crippen LogP contribution in [0.1, 0.15) is 5.76 Å². The molecule has 0 spiro atoms. The smallest absolute Gasteiger partial charge is 0.242 e. The van der Waals surface area contributed by atoms with Gasteiger partial charge in [-0.1, -0.05) is 6.08 Å². The zero-order valence-corrected chi connectivity index (χ0v) is 10.4. The summed E-state index contributed by atoms with van der Waals surface area (Å²) in [6.45, 7) is 3.84. The highest BCUT2D eigenvalue weighted by atomic mass is 32.1. The molecule has 1 fully saturated rings. The van der Waals surface area contributed by atoms with Crippen LogP contribution in [0.3, 0.4) is 0 Å². The van der Waals surface area contributed by atoms with Crippen LogP contribution < -0.4 is 5.32 Å². The van der Waals surface area contributed by atoms with Gasteiger partial charge in [-0.25, -0.2) is 0 Å². The number of amides is 2. The quantitative estimate of drug-likeness (QED) is 0.498. The number of carbonyl (C=O) groups is 2. The fourth-order valence-corrected chi connectivity index (χ4v) is 2.04. The van der Waals surface area contributed by atoms with E-state index >= 15 is 0 Å². The molecule has 0 aromatic carbocycles. The van der Waals surface area contributed by atoms with Crippen molar-refractivity contribution >= 4 is 29.1 Å². The Morgan fingerprint density at radius 2 is 2.33 bits per heavy atom. The van der Waals surface area contributed by atoms with E-state index in [-0.39, 0.29) is 29.9 Å². The summed E-state index contributed by atoms with van der Waals surface area (Å²) in [5.41, 5.74) is 0. The number of nitrogens with zero attached hydrogens (tertiary/aromatic N) is 1. The van der Waals surface area contributed by atoms with Crippen molar-refractivity contribution in [1.82, 2.24) is 10.2 Å². The molecule has 1 aliphatic heterocycles. The molecule has 6 heteroatoms. The van der Waals surface area contributed by atoms with Crippen LogP contribution in [0.5, 0.6) is 0 Å². The van der Waals surface area contributed by atoms with Gasteiger partial charge in [-0.3, -0.25) is 14.5 Å². The lowest BCUT2D eigenvalue weighted by Crippen LogP contribution is -2.58. The highest BCUT2D eigenvalue weighted by Crippen LogP contribution is 2.16. The van der Waals surface area contributed by atoms with E-state index in [4.69, 9.17) is 16.6 Å². The van der Waals surface area contributed by atoms with E-state index in [2.05, 4.69) is 11.9 Å². The molecular weight excluding hydrogens is 252 g/mol. The van der Waals surface area contributed by atoms with E-state index in [0.29, 0.717) is 5.76 Å². The minimum atomic E-state index is -0.803. The van der Waals surface area contributed by atoms with Gasteiger partial charge in [0, 0.05) is 13.0 Å². The molecule has 0 bridgehead atoms. The minimum absolute atomic E-state index is 0.126. The van der Waals surface area contributed by atoms with Crippen LogP contribution in [0.25, 0.3) is 0 Å². The second-order valence-corrected chi connectivity index (χ2v) is 4.25. The molecule has 5 nitrogen and oxygen atoms in total. The van der Waals surface area contributed by atoms with Gasteiger partial charge in [-0.05, 0) is 24.4 Å². The average molecular weight is 264 g/mol. The number of nitrogens with one attached hydrogen (secondary N) is 1. The first kappa shape index (κ1) is 12.5. The third kappa shape index (κ3) is 2.33. The predicted octanol–water partition coefficient (Wildman–Crippen LogP) is 0.868. The van der Waals surface area contributed by atoms with Crippen molar-refractivity contribution in [2.24, 2.45) is 5.92 Å². The van der Waals surface area contributed by atoms with Gasteiger partial charge in [0.1, 0.15) is 11.7 Å². The lowest BCUT2D eigenvalue weighted by molar-refractivity contribution is -0.141. The first-order chi connectivity index (χ1) is 8.63. The molecule has 94 valence electrons. The van der Waals surface area contributed by atoms with Gasteiger partial charge >= 0.3 is 0 Å². The molecule has 0 saturated carbocycles. The Labute approximate surface area is 109 Å². The number of hydrogen-bond donors (Lipinski definition) is 1. The Bertz CT molecular complexity index is 495. The highest BCUT2D eigenvalue weighted by molar-refractivity contribution is 7.80. The van der Waals surface area contributed by atoms with E-state index < -0.39 is 5.92 Å². The molecule has 1 aliphatic rings. The molecule has 2 heterocycles. The fraction of sp³-hybridized carbons (Fsp3) is 0.250. The molecule has 1 atom stereocenters. The zero-order valence-electron chi connectivity index (χ0n) is 9.59. The van der Waals surface area contributed by atoms with Gasteiger partial charge in [0.2, 0.25) is 11.8 Å². The number of rotatable bonds is 4. The van der Waals surface area contributed by atoms with E-state index in [1.165, 1.54) is 11.2 Å². The Kier molecular flexibility index (Phi) is 3.57. The van der Waals surface area contributed by atoms with Crippen LogP contribution in [0.15, 0.2) is 35.5 Å². The average Bonchev–Trinajstić information content (AvgIpc) is 2.83. The summed E-state index contributed by atoms with van der Waals surface area (Å²) in [5.74, 6) is -0.917. The molecule has 1 unspecified atom stereocenters. The standard InChI is InChI=1S/C12H12N2O3S/c1-2-5-14-11(16)9(10(15)13-12(14)18)7-8-4-3-6-17-8/h2-4,6,9H,1,5,7H2,(H,13,15,18). The lowest BCUT2D eigenvalue weighted by atomic mass is 9.99. The third-order valence-corrected chi connectivity index (χ3v) is 2.98. The predicted molar refractivity (Wildman–Crippen MR) is 68.6 cm³/mol. The second kappa shape index (κ2) is 5.14. The van der Waals surface area contributed by atoms with E-state index in [0.717, 1.165) is 0 Å². The van der Waals surface area contributed by atoms with Crippen LogP contribution in [0.4, 0.5) is 0 Å². The van der Waals surface area contributed by atoms with Crippen LogP contribution in [0, 0.1) is 5.92 Å². The first-order valence-corrected chi connectivity index (χ1v) is 5.83. The maximum absolute atomic E-state index is 12.2. The van der Waals surface area contributed by atoms with E-state index in [1.54, 1.807) is 18.2 Å². The van der Waals surface area contributed by atoms with Crippen LogP contribution in [-0.4, -0.2) is 28.4 Å². The Morgan fingerprint density at radius 1 is 1.56 bits per heavy atom. The van der Waals surface area contributed by atoms with Gasteiger partial charge in [0.15, 0.2) is 5.11 Å². The molecular formula is C12H12N2O3S. The van der Waals surface area contributed by atoms with Crippen molar-refractivity contribution in [1.29, 1.82) is 0 Å². The molecule has 0 aliphatic carbocycles. The summed E-state index contributed by atoms with van der Waals surface area (Å²) < 4.78 is 5.15. The topological polar surface area (TPSA) is 62.6 Å². The maximum Gasteiger partial charge on any atom is 0.242 e. The largest absolute Gasteiger partial charge is 0.469 e. The SMILES string of the molecule is C=CCN1C(=O)C(Cc2ccco2)C(=O)NC1=S. The van der Waals surface area contributed by atoms with Crippen molar-refractivity contribution in [3.8, 4) is 0 Å². The third-order valence-electron chi connectivity index (χ3n) is 2.65. The van der Waals surface area contributed by atoms with Crippen molar-refractivity contribution < 1.29 is 14.0 Å². The molecule has 2 amide bonds. The van der Waals surface area contributed by atoms with Gasteiger partial charge in [0.25, 0.3) is 0 Å². The van der Waals surface area contributed by atoms with Crippen LogP contribution in [-0.2, 0) is 16.0 Å². The lowest BCUT2D eigenvalue weighted by Gasteiger charge is -2.31. The molecule has 1 N–H and O–H groups in total. The Morgan fingerprint density at radius 3 is 2.94 bits per heavy atom. The van der Waals surface area contributed by atoms with Crippen molar-refractivity contribution in [3.63, 3.8) is 0 Å². The number of carbonyl (C=O) groups excluding carboxylic acids is 2. The Hall–Kier alpha value is -1.95. The summed E-state index contributed by atoms with van der Waals surface area (Å²) in [5, 5.41) is 2.64. The summed E-state index contributed by atoms with van der Waals surface area (Å²) in [4.78, 5) is 25.3. The van der Waals surface area contributed by atoms with Crippen LogP contribution in [0.2, 0.25) is 0 Å². The monoisotopic (exact) mass is 264 g/mol. The van der Waals surface area contributed by atoms with Crippen LogP contribution >= 0.6 is 12.2 Å². The number of thiocarbonyl (C=S) groups is 1. The minimum Gasteiger partial charge on any atom is -0.469 e. The van der Waals surface area contributed by atoms with Gasteiger partial charge in [-0.15, -0.1) is 6.58 Å². The first-order valence-electron chi connectivity index (χ1n) is 5.43. The number of hydrogen-bond acceptors (Lipinski definition) is 4. The summed E-state index contributed by atoms with van der Waals surface area (Å²) in [6.07, 6.45) is 3.30.